The number of amides is 1. The van der Waals surface area contributed by atoms with E-state index in [1.807, 2.05) is 18.2 Å². The fourth-order valence-corrected chi connectivity index (χ4v) is 3.10. The second-order valence-electron chi connectivity index (χ2n) is 7.25. The van der Waals surface area contributed by atoms with E-state index in [1.54, 1.807) is 7.11 Å². The molecule has 4 nitrogen and oxygen atoms in total. The third-order valence-corrected chi connectivity index (χ3v) is 5.21. The van der Waals surface area contributed by atoms with E-state index in [1.165, 1.54) is 5.56 Å². The van der Waals surface area contributed by atoms with E-state index in [-0.39, 0.29) is 24.0 Å². The first-order chi connectivity index (χ1) is 11.5. The summed E-state index contributed by atoms with van der Waals surface area (Å²) in [6.45, 7) is 9.17. The number of likely N-dealkylation sites (tertiary alicyclic amines) is 1. The molecule has 1 aromatic rings. The molecule has 0 aromatic heterocycles. The fourth-order valence-electron chi connectivity index (χ4n) is 3.10. The molecule has 24 heavy (non-hydrogen) atoms. The minimum absolute atomic E-state index is 0.0949. The van der Waals surface area contributed by atoms with Crippen LogP contribution in [0.15, 0.2) is 30.3 Å². The number of rotatable bonds is 7. The molecule has 2 unspecified atom stereocenters. The lowest BCUT2D eigenvalue weighted by atomic mass is 9.94. The Morgan fingerprint density at radius 3 is 2.38 bits per heavy atom. The highest BCUT2D eigenvalue weighted by molar-refractivity contribution is 5.79. The van der Waals surface area contributed by atoms with Gasteiger partial charge in [-0.1, -0.05) is 44.2 Å². The SMILES string of the molecule is COC(CN1CCC(C(=O)NC(C)C(C)C)CC1)c1ccccc1. The number of carbonyl (C=O) groups is 1. The van der Waals surface area contributed by atoms with Crippen LogP contribution >= 0.6 is 0 Å². The van der Waals surface area contributed by atoms with Crippen molar-refractivity contribution in [3.63, 3.8) is 0 Å². The van der Waals surface area contributed by atoms with E-state index in [0.717, 1.165) is 32.5 Å². The normalized spacial score (nSPS) is 19.2. The smallest absolute Gasteiger partial charge is 0.223 e. The fraction of sp³-hybridized carbons (Fsp3) is 0.650. The Balaban J connectivity index is 1.81. The zero-order valence-corrected chi connectivity index (χ0v) is 15.5. The Morgan fingerprint density at radius 1 is 1.21 bits per heavy atom. The minimum atomic E-state index is 0.0949. The minimum Gasteiger partial charge on any atom is -0.375 e. The molecule has 2 rings (SSSR count). The summed E-state index contributed by atoms with van der Waals surface area (Å²) in [6, 6.07) is 10.6. The lowest BCUT2D eigenvalue weighted by Crippen LogP contribution is -2.45. The lowest BCUT2D eigenvalue weighted by molar-refractivity contribution is -0.127. The van der Waals surface area contributed by atoms with Crippen LogP contribution in [-0.2, 0) is 9.53 Å². The van der Waals surface area contributed by atoms with Crippen molar-refractivity contribution in [2.45, 2.75) is 45.8 Å². The van der Waals surface area contributed by atoms with Crippen molar-refractivity contribution in [1.29, 1.82) is 0 Å². The maximum atomic E-state index is 12.4. The van der Waals surface area contributed by atoms with E-state index in [9.17, 15) is 4.79 Å². The predicted octanol–water partition coefficient (Wildman–Crippen LogP) is 3.25. The van der Waals surface area contributed by atoms with E-state index >= 15 is 0 Å². The Labute approximate surface area is 146 Å². The lowest BCUT2D eigenvalue weighted by Gasteiger charge is -2.34. The molecular formula is C20H32N2O2. The average Bonchev–Trinajstić information content (AvgIpc) is 2.60. The standard InChI is InChI=1S/C20H32N2O2/c1-15(2)16(3)21-20(23)18-10-12-22(13-11-18)14-19(24-4)17-8-6-5-7-9-17/h5-9,15-16,18-19H,10-14H2,1-4H3,(H,21,23). The number of hydrogen-bond acceptors (Lipinski definition) is 3. The molecule has 1 aromatic carbocycles. The van der Waals surface area contributed by atoms with Gasteiger partial charge in [-0.2, -0.15) is 0 Å². The molecule has 1 heterocycles. The number of hydrogen-bond donors (Lipinski definition) is 1. The summed E-state index contributed by atoms with van der Waals surface area (Å²) in [5, 5.41) is 3.16. The van der Waals surface area contributed by atoms with Gasteiger partial charge in [0.25, 0.3) is 0 Å². The molecule has 0 bridgehead atoms. The second-order valence-corrected chi connectivity index (χ2v) is 7.25. The van der Waals surface area contributed by atoms with Crippen LogP contribution in [0.2, 0.25) is 0 Å². The van der Waals surface area contributed by atoms with E-state index in [0.29, 0.717) is 5.92 Å². The third-order valence-electron chi connectivity index (χ3n) is 5.21. The van der Waals surface area contributed by atoms with Gasteiger partial charge in [-0.15, -0.1) is 0 Å². The van der Waals surface area contributed by atoms with E-state index in [2.05, 4.69) is 43.1 Å². The van der Waals surface area contributed by atoms with Crippen molar-refractivity contribution >= 4 is 5.91 Å². The number of nitrogens with one attached hydrogen (secondary N) is 1. The number of ether oxygens (including phenoxy) is 1. The maximum Gasteiger partial charge on any atom is 0.223 e. The van der Waals surface area contributed by atoms with Crippen LogP contribution in [-0.4, -0.2) is 43.6 Å². The molecule has 2 atom stereocenters. The molecule has 1 saturated heterocycles. The Morgan fingerprint density at radius 2 is 1.83 bits per heavy atom. The summed E-state index contributed by atoms with van der Waals surface area (Å²) < 4.78 is 5.67. The highest BCUT2D eigenvalue weighted by atomic mass is 16.5. The van der Waals surface area contributed by atoms with Crippen molar-refractivity contribution in [1.82, 2.24) is 10.2 Å². The van der Waals surface area contributed by atoms with Crippen LogP contribution < -0.4 is 5.32 Å². The molecule has 134 valence electrons. The topological polar surface area (TPSA) is 41.6 Å². The average molecular weight is 332 g/mol. The Kier molecular flexibility index (Phi) is 7.25. The van der Waals surface area contributed by atoms with Gasteiger partial charge < -0.3 is 15.0 Å². The van der Waals surface area contributed by atoms with Crippen molar-refractivity contribution in [3.8, 4) is 0 Å². The first-order valence-electron chi connectivity index (χ1n) is 9.11. The summed E-state index contributed by atoms with van der Waals surface area (Å²) in [6.07, 6.45) is 1.96. The first-order valence-corrected chi connectivity index (χ1v) is 9.11. The molecule has 1 fully saturated rings. The van der Waals surface area contributed by atoms with Crippen LogP contribution in [0.5, 0.6) is 0 Å². The van der Waals surface area contributed by atoms with Gasteiger partial charge in [0.2, 0.25) is 5.91 Å². The molecule has 0 spiro atoms. The van der Waals surface area contributed by atoms with Gasteiger partial charge >= 0.3 is 0 Å². The molecule has 1 N–H and O–H groups in total. The second kappa shape index (κ2) is 9.19. The van der Waals surface area contributed by atoms with Gasteiger partial charge in [0.05, 0.1) is 6.10 Å². The van der Waals surface area contributed by atoms with E-state index in [4.69, 9.17) is 4.74 Å². The molecular weight excluding hydrogens is 300 g/mol. The molecule has 1 amide bonds. The van der Waals surface area contributed by atoms with Crippen LogP contribution in [0.1, 0.15) is 45.3 Å². The van der Waals surface area contributed by atoms with Crippen molar-refractivity contribution in [2.75, 3.05) is 26.7 Å². The predicted molar refractivity (Wildman–Crippen MR) is 97.8 cm³/mol. The molecule has 1 aliphatic rings. The molecule has 0 aliphatic carbocycles. The first kappa shape index (κ1) is 18.9. The quantitative estimate of drug-likeness (QED) is 0.833. The largest absolute Gasteiger partial charge is 0.375 e. The summed E-state index contributed by atoms with van der Waals surface area (Å²) in [7, 11) is 1.77. The van der Waals surface area contributed by atoms with Gasteiger partial charge in [0.15, 0.2) is 0 Å². The van der Waals surface area contributed by atoms with Gasteiger partial charge in [-0.25, -0.2) is 0 Å². The van der Waals surface area contributed by atoms with Gasteiger partial charge in [-0.05, 0) is 44.3 Å². The zero-order chi connectivity index (χ0) is 17.5. The highest BCUT2D eigenvalue weighted by Gasteiger charge is 2.27. The van der Waals surface area contributed by atoms with Crippen molar-refractivity contribution in [3.05, 3.63) is 35.9 Å². The molecule has 1 aliphatic heterocycles. The van der Waals surface area contributed by atoms with Crippen LogP contribution in [0, 0.1) is 11.8 Å². The van der Waals surface area contributed by atoms with Crippen molar-refractivity contribution in [2.24, 2.45) is 11.8 Å². The summed E-state index contributed by atoms with van der Waals surface area (Å²) in [5.74, 6) is 0.852. The third kappa shape index (κ3) is 5.32. The summed E-state index contributed by atoms with van der Waals surface area (Å²) >= 11 is 0. The zero-order valence-electron chi connectivity index (χ0n) is 15.5. The van der Waals surface area contributed by atoms with Crippen LogP contribution in [0.4, 0.5) is 0 Å². The van der Waals surface area contributed by atoms with Crippen LogP contribution in [0.25, 0.3) is 0 Å². The number of nitrogens with zero attached hydrogens (tertiary/aromatic N) is 1. The van der Waals surface area contributed by atoms with Gasteiger partial charge in [0.1, 0.15) is 0 Å². The van der Waals surface area contributed by atoms with Gasteiger partial charge in [-0.3, -0.25) is 4.79 Å². The van der Waals surface area contributed by atoms with Crippen LogP contribution in [0.3, 0.4) is 0 Å². The summed E-state index contributed by atoms with van der Waals surface area (Å²) in [5.41, 5.74) is 1.21. The molecule has 4 heteroatoms. The van der Waals surface area contributed by atoms with Crippen molar-refractivity contribution < 1.29 is 9.53 Å². The van der Waals surface area contributed by atoms with E-state index < -0.39 is 0 Å². The van der Waals surface area contributed by atoms with Gasteiger partial charge in [0, 0.05) is 25.6 Å². The molecule has 0 radical (unpaired) electrons. The monoisotopic (exact) mass is 332 g/mol. The Hall–Kier alpha value is -1.39. The Bertz CT molecular complexity index is 496. The summed E-state index contributed by atoms with van der Waals surface area (Å²) in [4.78, 5) is 14.8. The maximum absolute atomic E-state index is 12.4. The number of carbonyl (C=O) groups excluding carboxylic acids is 1. The molecule has 0 saturated carbocycles. The highest BCUT2D eigenvalue weighted by Crippen LogP contribution is 2.23. The number of benzene rings is 1. The number of piperidine rings is 1. The number of methoxy groups -OCH3 is 1.